The van der Waals surface area contributed by atoms with Gasteiger partial charge < -0.3 is 15.3 Å². The van der Waals surface area contributed by atoms with Crippen LogP contribution in [-0.4, -0.2) is 33.4 Å². The molecule has 0 aliphatic rings. The fourth-order valence-electron chi connectivity index (χ4n) is 4.09. The fraction of sp³-hybridized carbons (Fsp3) is 0.231. The molecule has 2 heterocycles. The Balaban J connectivity index is 1.72. The number of hydrogen-bond acceptors (Lipinski definition) is 5. The highest BCUT2D eigenvalue weighted by atomic mass is 19.3. The van der Waals surface area contributed by atoms with Crippen LogP contribution in [0.2, 0.25) is 0 Å². The van der Waals surface area contributed by atoms with Crippen LogP contribution >= 0.6 is 0 Å². The van der Waals surface area contributed by atoms with Crippen LogP contribution in [-0.2, 0) is 5.92 Å². The van der Waals surface area contributed by atoms with E-state index >= 15 is 0 Å². The molecule has 2 aromatic heterocycles. The Morgan fingerprint density at radius 2 is 1.97 bits per heavy atom. The number of halogens is 2. The first-order valence-corrected chi connectivity index (χ1v) is 11.3. The van der Waals surface area contributed by atoms with Gasteiger partial charge in [0.15, 0.2) is 5.69 Å². The third kappa shape index (κ3) is 4.49. The number of amides is 1. The van der Waals surface area contributed by atoms with Crippen LogP contribution in [0.15, 0.2) is 54.7 Å². The van der Waals surface area contributed by atoms with Crippen molar-refractivity contribution in [2.75, 3.05) is 12.4 Å². The Hall–Kier alpha value is -4.34. The Morgan fingerprint density at radius 1 is 1.19 bits per heavy atom. The average molecular weight is 495 g/mol. The van der Waals surface area contributed by atoms with Gasteiger partial charge in [-0.05, 0) is 53.6 Å². The van der Waals surface area contributed by atoms with Crippen molar-refractivity contribution in [1.29, 1.82) is 0 Å². The maximum Gasteiger partial charge on any atom is 0.327 e. The molecule has 186 valence electrons. The van der Waals surface area contributed by atoms with E-state index in [-0.39, 0.29) is 29.2 Å². The molecule has 8 nitrogen and oxygen atoms in total. The minimum absolute atomic E-state index is 0.0612. The summed E-state index contributed by atoms with van der Waals surface area (Å²) in [6.45, 7) is 4.87. The first-order chi connectivity index (χ1) is 17.2. The van der Waals surface area contributed by atoms with Gasteiger partial charge in [0, 0.05) is 36.4 Å². The lowest BCUT2D eigenvalue weighted by Crippen LogP contribution is -2.39. The van der Waals surface area contributed by atoms with Gasteiger partial charge in [0.2, 0.25) is 0 Å². The summed E-state index contributed by atoms with van der Waals surface area (Å²) in [6.07, 6.45) is 1.20. The van der Waals surface area contributed by atoms with Crippen LogP contribution in [0.1, 0.15) is 40.7 Å². The molecule has 0 aliphatic carbocycles. The van der Waals surface area contributed by atoms with E-state index in [1.807, 2.05) is 6.92 Å². The molecule has 1 amide bonds. The Kier molecular flexibility index (Phi) is 6.69. The van der Waals surface area contributed by atoms with Gasteiger partial charge in [0.05, 0.1) is 18.4 Å². The molecular formula is C26H26F2N5O3+. The van der Waals surface area contributed by atoms with E-state index in [0.717, 1.165) is 10.3 Å². The van der Waals surface area contributed by atoms with Crippen LogP contribution < -0.4 is 14.8 Å². The summed E-state index contributed by atoms with van der Waals surface area (Å²) < 4.78 is 34.5. The van der Waals surface area contributed by atoms with Crippen LogP contribution in [0.4, 0.5) is 14.5 Å². The highest BCUT2D eigenvalue weighted by molar-refractivity contribution is 6.02. The first kappa shape index (κ1) is 24.8. The van der Waals surface area contributed by atoms with Gasteiger partial charge in [-0.25, -0.2) is 13.8 Å². The number of rotatable bonds is 7. The zero-order valence-corrected chi connectivity index (χ0v) is 20.3. The molecule has 0 saturated carbocycles. The third-order valence-corrected chi connectivity index (χ3v) is 6.02. The molecule has 0 saturated heterocycles. The second kappa shape index (κ2) is 9.73. The summed E-state index contributed by atoms with van der Waals surface area (Å²) in [5.41, 5.74) is 2.93. The molecule has 0 unspecified atom stereocenters. The van der Waals surface area contributed by atoms with Crippen molar-refractivity contribution < 1.29 is 28.2 Å². The SMILES string of the molecule is CCC(F)(F)c1cccc(NC(=O)c2c(C)[nH]c(-c3ccc(OC)c(-c4cccnn4)c3C)[n+]2O)c1. The van der Waals surface area contributed by atoms with Crippen LogP contribution in [0, 0.1) is 13.8 Å². The summed E-state index contributed by atoms with van der Waals surface area (Å²) >= 11 is 0. The number of ether oxygens (including phenoxy) is 1. The summed E-state index contributed by atoms with van der Waals surface area (Å²) in [4.78, 5) is 16.1. The average Bonchev–Trinajstić information content (AvgIpc) is 3.17. The number of aryl methyl sites for hydroxylation is 1. The number of imidazole rings is 1. The molecule has 4 rings (SSSR count). The molecule has 0 spiro atoms. The van der Waals surface area contributed by atoms with Gasteiger partial charge in [-0.1, -0.05) is 19.1 Å². The molecule has 0 atom stereocenters. The number of methoxy groups -OCH3 is 1. The normalized spacial score (nSPS) is 11.4. The second-order valence-electron chi connectivity index (χ2n) is 8.28. The molecule has 0 fully saturated rings. The predicted octanol–water partition coefficient (Wildman–Crippen LogP) is 5.04. The predicted molar refractivity (Wildman–Crippen MR) is 129 cm³/mol. The van der Waals surface area contributed by atoms with Gasteiger partial charge in [-0.2, -0.15) is 10.2 Å². The summed E-state index contributed by atoms with van der Waals surface area (Å²) in [5, 5.41) is 21.7. The number of carbonyl (C=O) groups is 1. The number of H-pyrrole nitrogens is 1. The van der Waals surface area contributed by atoms with Gasteiger partial charge in [-0.15, -0.1) is 0 Å². The quantitative estimate of drug-likeness (QED) is 0.247. The monoisotopic (exact) mass is 494 g/mol. The minimum Gasteiger partial charge on any atom is -0.496 e. The Bertz CT molecular complexity index is 1420. The minimum atomic E-state index is -3.01. The van der Waals surface area contributed by atoms with Crippen molar-refractivity contribution >= 4 is 11.6 Å². The number of alkyl halides is 2. The zero-order chi connectivity index (χ0) is 26.0. The van der Waals surface area contributed by atoms with Crippen molar-refractivity contribution in [3.8, 4) is 28.4 Å². The molecule has 2 aromatic carbocycles. The van der Waals surface area contributed by atoms with E-state index in [4.69, 9.17) is 4.74 Å². The maximum absolute atomic E-state index is 14.1. The summed E-state index contributed by atoms with van der Waals surface area (Å²) in [7, 11) is 1.55. The first-order valence-electron chi connectivity index (χ1n) is 11.3. The molecular weight excluding hydrogens is 468 g/mol. The van der Waals surface area contributed by atoms with E-state index in [1.54, 1.807) is 44.5 Å². The van der Waals surface area contributed by atoms with Crippen molar-refractivity contribution in [2.24, 2.45) is 0 Å². The van der Waals surface area contributed by atoms with E-state index in [9.17, 15) is 18.8 Å². The molecule has 0 radical (unpaired) electrons. The summed E-state index contributed by atoms with van der Waals surface area (Å²) in [6, 6.07) is 12.5. The second-order valence-corrected chi connectivity index (χ2v) is 8.28. The van der Waals surface area contributed by atoms with Crippen LogP contribution in [0.5, 0.6) is 5.75 Å². The number of aromatic nitrogens is 4. The van der Waals surface area contributed by atoms with Gasteiger partial charge >= 0.3 is 11.7 Å². The molecule has 0 aliphatic heterocycles. The van der Waals surface area contributed by atoms with Crippen LogP contribution in [0.3, 0.4) is 0 Å². The third-order valence-electron chi connectivity index (χ3n) is 6.02. The number of carbonyl (C=O) groups excluding carboxylic acids is 1. The van der Waals surface area contributed by atoms with Crippen molar-refractivity contribution in [3.63, 3.8) is 0 Å². The van der Waals surface area contributed by atoms with Gasteiger partial charge in [0.25, 0.3) is 11.6 Å². The highest BCUT2D eigenvalue weighted by Crippen LogP contribution is 2.37. The van der Waals surface area contributed by atoms with E-state index in [1.165, 1.54) is 31.2 Å². The lowest BCUT2D eigenvalue weighted by atomic mass is 9.98. The molecule has 3 N–H and O–H groups in total. The van der Waals surface area contributed by atoms with Crippen molar-refractivity contribution in [2.45, 2.75) is 33.1 Å². The Morgan fingerprint density at radius 3 is 2.64 bits per heavy atom. The van der Waals surface area contributed by atoms with Crippen LogP contribution in [0.25, 0.3) is 22.6 Å². The molecule has 0 bridgehead atoms. The highest BCUT2D eigenvalue weighted by Gasteiger charge is 2.32. The largest absolute Gasteiger partial charge is 0.496 e. The van der Waals surface area contributed by atoms with E-state index < -0.39 is 11.8 Å². The fourth-order valence-corrected chi connectivity index (χ4v) is 4.09. The number of benzene rings is 2. The number of aromatic amines is 1. The molecule has 36 heavy (non-hydrogen) atoms. The summed E-state index contributed by atoms with van der Waals surface area (Å²) in [5.74, 6) is -2.84. The standard InChI is InChI=1S/C26H25F2N5O3/c1-5-26(27,28)17-8-6-9-18(14-17)31-25(34)23-16(3)30-24(33(23)35)19-11-12-21(36-4)22(15(19)2)20-10-7-13-29-32-20/h6-14,35H,5H2,1-4H3,(H,31,34)/p+1. The number of anilines is 1. The topological polar surface area (TPSA) is 104 Å². The van der Waals surface area contributed by atoms with Gasteiger partial charge in [-0.3, -0.25) is 4.79 Å². The number of nitrogens with zero attached hydrogens (tertiary/aromatic N) is 3. The van der Waals surface area contributed by atoms with Gasteiger partial charge in [0.1, 0.15) is 5.75 Å². The lowest BCUT2D eigenvalue weighted by molar-refractivity contribution is -0.896. The molecule has 10 heteroatoms. The Labute approximate surface area is 206 Å². The zero-order valence-electron chi connectivity index (χ0n) is 20.3. The molecule has 4 aromatic rings. The maximum atomic E-state index is 14.1. The van der Waals surface area contributed by atoms with Crippen molar-refractivity contribution in [3.05, 3.63) is 77.2 Å². The lowest BCUT2D eigenvalue weighted by Gasteiger charge is -2.15. The number of nitrogens with one attached hydrogen (secondary N) is 2. The van der Waals surface area contributed by atoms with E-state index in [2.05, 4.69) is 20.5 Å². The smallest absolute Gasteiger partial charge is 0.327 e. The number of hydrogen-bond donors (Lipinski definition) is 3. The van der Waals surface area contributed by atoms with Crippen molar-refractivity contribution in [1.82, 2.24) is 15.2 Å². The van der Waals surface area contributed by atoms with E-state index in [0.29, 0.717) is 28.3 Å².